The molecule has 0 aliphatic carbocycles. The van der Waals surface area contributed by atoms with E-state index in [1.54, 1.807) is 42.5 Å². The summed E-state index contributed by atoms with van der Waals surface area (Å²) in [5, 5.41) is 9.33. The molecule has 22 heavy (non-hydrogen) atoms. The van der Waals surface area contributed by atoms with Gasteiger partial charge in [-0.25, -0.2) is 0 Å². The van der Waals surface area contributed by atoms with Gasteiger partial charge in [-0.2, -0.15) is 0 Å². The van der Waals surface area contributed by atoms with E-state index in [1.165, 1.54) is 25.3 Å². The van der Waals surface area contributed by atoms with Gasteiger partial charge in [0, 0.05) is 17.5 Å². The summed E-state index contributed by atoms with van der Waals surface area (Å²) in [5.41, 5.74) is 1.02. The minimum Gasteiger partial charge on any atom is -0.508 e. The lowest BCUT2D eigenvalue weighted by Gasteiger charge is -2.02. The zero-order chi connectivity index (χ0) is 15.9. The van der Waals surface area contributed by atoms with Gasteiger partial charge in [-0.3, -0.25) is 9.59 Å². The van der Waals surface area contributed by atoms with Gasteiger partial charge in [0.25, 0.3) is 0 Å². The van der Waals surface area contributed by atoms with E-state index in [9.17, 15) is 14.7 Å². The van der Waals surface area contributed by atoms with Crippen molar-refractivity contribution in [3.8, 4) is 11.5 Å². The van der Waals surface area contributed by atoms with E-state index in [1.807, 2.05) is 0 Å². The predicted octanol–water partition coefficient (Wildman–Crippen LogP) is 3.76. The predicted molar refractivity (Wildman–Crippen MR) is 83.3 cm³/mol. The average molecular weight is 296 g/mol. The minimum atomic E-state index is -0.117. The summed E-state index contributed by atoms with van der Waals surface area (Å²) in [5.74, 6) is 0.447. The Morgan fingerprint density at radius 3 is 2.55 bits per heavy atom. The lowest BCUT2D eigenvalue weighted by Crippen LogP contribution is -1.97. The second-order valence-corrected chi connectivity index (χ2v) is 4.75. The van der Waals surface area contributed by atoms with Crippen molar-refractivity contribution in [1.82, 2.24) is 0 Å². The van der Waals surface area contributed by atoms with Crippen LogP contribution in [-0.2, 0) is 0 Å². The van der Waals surface area contributed by atoms with Crippen LogP contribution in [0, 0.1) is 0 Å². The van der Waals surface area contributed by atoms with Gasteiger partial charge in [0.15, 0.2) is 11.6 Å². The summed E-state index contributed by atoms with van der Waals surface area (Å²) < 4.78 is 5.37. The van der Waals surface area contributed by atoms with E-state index in [0.29, 0.717) is 16.9 Å². The molecule has 0 aliphatic heterocycles. The van der Waals surface area contributed by atoms with Crippen molar-refractivity contribution in [3.05, 3.63) is 72.0 Å². The highest BCUT2D eigenvalue weighted by molar-refractivity contribution is 5.97. The summed E-state index contributed by atoms with van der Waals surface area (Å²) >= 11 is 0. The lowest BCUT2D eigenvalue weighted by atomic mass is 10.1. The molecule has 2 aromatic rings. The normalized spacial score (nSPS) is 10.6. The van der Waals surface area contributed by atoms with E-state index < -0.39 is 0 Å². The van der Waals surface area contributed by atoms with E-state index in [-0.39, 0.29) is 23.7 Å². The number of carbonyl (C=O) groups excluding carboxylic acids is 2. The molecule has 0 aliphatic rings. The maximum absolute atomic E-state index is 11.9. The summed E-state index contributed by atoms with van der Waals surface area (Å²) in [7, 11) is 0. The average Bonchev–Trinajstić information content (AvgIpc) is 2.51. The number of ether oxygens (including phenoxy) is 1. The molecule has 0 spiro atoms. The summed E-state index contributed by atoms with van der Waals surface area (Å²) in [4.78, 5) is 23.2. The number of hydrogen-bond acceptors (Lipinski definition) is 4. The number of ketones is 2. The summed E-state index contributed by atoms with van der Waals surface area (Å²) in [6.45, 7) is 1.49. The molecule has 0 heterocycles. The zero-order valence-electron chi connectivity index (χ0n) is 12.2. The second-order valence-electron chi connectivity index (χ2n) is 4.75. The Morgan fingerprint density at radius 2 is 1.82 bits per heavy atom. The number of phenols is 1. The van der Waals surface area contributed by atoms with Crippen molar-refractivity contribution in [3.63, 3.8) is 0 Å². The standard InChI is InChI=1S/C18H16O4/c1-13(19)14-5-3-8-17(12-14)22-10-4-9-18(21)15-6-2-7-16(20)11-15/h2-8,10-12,20H,9H2,1H3/b10-4+. The highest BCUT2D eigenvalue weighted by atomic mass is 16.5. The molecule has 0 unspecified atom stereocenters. The van der Waals surface area contributed by atoms with Crippen LogP contribution in [0.25, 0.3) is 0 Å². The summed E-state index contributed by atoms with van der Waals surface area (Å²) in [6, 6.07) is 13.0. The maximum Gasteiger partial charge on any atom is 0.166 e. The first kappa shape index (κ1) is 15.5. The van der Waals surface area contributed by atoms with Gasteiger partial charge in [0.2, 0.25) is 0 Å². The number of Topliss-reactive ketones (excluding diaryl/α,β-unsaturated/α-hetero) is 2. The Hall–Kier alpha value is -2.88. The fourth-order valence-corrected chi connectivity index (χ4v) is 1.87. The van der Waals surface area contributed by atoms with E-state index >= 15 is 0 Å². The summed E-state index contributed by atoms with van der Waals surface area (Å²) in [6.07, 6.45) is 3.17. The van der Waals surface area contributed by atoms with Crippen LogP contribution in [0.15, 0.2) is 60.9 Å². The van der Waals surface area contributed by atoms with Gasteiger partial charge in [-0.1, -0.05) is 24.3 Å². The monoisotopic (exact) mass is 296 g/mol. The molecule has 2 aromatic carbocycles. The van der Waals surface area contributed by atoms with E-state index in [4.69, 9.17) is 4.74 Å². The van der Waals surface area contributed by atoms with E-state index in [0.717, 1.165) is 0 Å². The molecule has 0 fully saturated rings. The topological polar surface area (TPSA) is 63.6 Å². The van der Waals surface area contributed by atoms with Gasteiger partial charge in [0.05, 0.1) is 6.26 Å². The van der Waals surface area contributed by atoms with Gasteiger partial charge in [-0.15, -0.1) is 0 Å². The van der Waals surface area contributed by atoms with E-state index in [2.05, 4.69) is 0 Å². The lowest BCUT2D eigenvalue weighted by molar-refractivity contribution is 0.0992. The molecule has 0 saturated carbocycles. The molecular weight excluding hydrogens is 280 g/mol. The third kappa shape index (κ3) is 4.31. The molecule has 1 N–H and O–H groups in total. The van der Waals surface area contributed by atoms with Crippen molar-refractivity contribution in [2.45, 2.75) is 13.3 Å². The van der Waals surface area contributed by atoms with Crippen LogP contribution in [0.1, 0.15) is 34.1 Å². The first-order valence-corrected chi connectivity index (χ1v) is 6.81. The van der Waals surface area contributed by atoms with Crippen LogP contribution in [0.2, 0.25) is 0 Å². The number of phenolic OH excluding ortho intramolecular Hbond substituents is 1. The SMILES string of the molecule is CC(=O)c1cccc(O/C=C/CC(=O)c2cccc(O)c2)c1. The molecule has 0 aromatic heterocycles. The quantitative estimate of drug-likeness (QED) is 0.651. The molecular formula is C18H16O4. The van der Waals surface area contributed by atoms with Crippen LogP contribution in [0.4, 0.5) is 0 Å². The van der Waals surface area contributed by atoms with Crippen LogP contribution in [0.3, 0.4) is 0 Å². The third-order valence-electron chi connectivity index (χ3n) is 3.01. The Morgan fingerprint density at radius 1 is 1.09 bits per heavy atom. The van der Waals surface area contributed by atoms with Crippen LogP contribution in [-0.4, -0.2) is 16.7 Å². The minimum absolute atomic E-state index is 0.0338. The fraction of sp³-hybridized carbons (Fsp3) is 0.111. The molecule has 4 nitrogen and oxygen atoms in total. The van der Waals surface area contributed by atoms with Gasteiger partial charge in [0.1, 0.15) is 11.5 Å². The molecule has 0 radical (unpaired) electrons. The zero-order valence-corrected chi connectivity index (χ0v) is 12.2. The molecule has 2 rings (SSSR count). The first-order chi connectivity index (χ1) is 10.6. The number of rotatable bonds is 6. The molecule has 0 amide bonds. The molecule has 0 bridgehead atoms. The molecule has 0 atom stereocenters. The first-order valence-electron chi connectivity index (χ1n) is 6.81. The van der Waals surface area contributed by atoms with Crippen molar-refractivity contribution in [1.29, 1.82) is 0 Å². The van der Waals surface area contributed by atoms with Crippen LogP contribution >= 0.6 is 0 Å². The Labute approximate surface area is 128 Å². The van der Waals surface area contributed by atoms with Gasteiger partial charge in [-0.05, 0) is 37.3 Å². The Kier molecular flexibility index (Phi) is 5.09. The highest BCUT2D eigenvalue weighted by Crippen LogP contribution is 2.15. The molecule has 4 heteroatoms. The highest BCUT2D eigenvalue weighted by Gasteiger charge is 2.04. The second kappa shape index (κ2) is 7.22. The third-order valence-corrected chi connectivity index (χ3v) is 3.01. The number of allylic oxidation sites excluding steroid dienone is 1. The Balaban J connectivity index is 1.92. The maximum atomic E-state index is 11.9. The van der Waals surface area contributed by atoms with Gasteiger partial charge >= 0.3 is 0 Å². The smallest absolute Gasteiger partial charge is 0.166 e. The van der Waals surface area contributed by atoms with Crippen molar-refractivity contribution >= 4 is 11.6 Å². The van der Waals surface area contributed by atoms with Crippen molar-refractivity contribution in [2.24, 2.45) is 0 Å². The Bertz CT molecular complexity index is 717. The van der Waals surface area contributed by atoms with Crippen molar-refractivity contribution < 1.29 is 19.4 Å². The number of carbonyl (C=O) groups is 2. The van der Waals surface area contributed by atoms with Gasteiger partial charge < -0.3 is 9.84 Å². The fourth-order valence-electron chi connectivity index (χ4n) is 1.87. The number of hydrogen-bond donors (Lipinski definition) is 1. The number of benzene rings is 2. The van der Waals surface area contributed by atoms with Crippen LogP contribution < -0.4 is 4.74 Å². The largest absolute Gasteiger partial charge is 0.508 e. The van der Waals surface area contributed by atoms with Crippen molar-refractivity contribution in [2.75, 3.05) is 0 Å². The molecule has 0 saturated heterocycles. The molecule has 112 valence electrons. The van der Waals surface area contributed by atoms with Crippen LogP contribution in [0.5, 0.6) is 11.5 Å². The number of aromatic hydroxyl groups is 1.